The van der Waals surface area contributed by atoms with E-state index in [2.05, 4.69) is 5.32 Å². The van der Waals surface area contributed by atoms with Gasteiger partial charge in [-0.25, -0.2) is 0 Å². The largest absolute Gasteiger partial charge is 0.339 e. The van der Waals surface area contributed by atoms with Gasteiger partial charge in [0, 0.05) is 24.6 Å². The van der Waals surface area contributed by atoms with E-state index in [1.807, 2.05) is 42.5 Å². The summed E-state index contributed by atoms with van der Waals surface area (Å²) in [5.74, 6) is -3.25. The predicted octanol–water partition coefficient (Wildman–Crippen LogP) is 6.30. The minimum Gasteiger partial charge on any atom is -0.339 e. The van der Waals surface area contributed by atoms with Crippen molar-refractivity contribution in [1.29, 1.82) is 0 Å². The molecule has 0 unspecified atom stereocenters. The third-order valence-corrected chi connectivity index (χ3v) is 6.89. The highest BCUT2D eigenvalue weighted by Crippen LogP contribution is 2.38. The van der Waals surface area contributed by atoms with Crippen LogP contribution < -0.4 is 5.32 Å². The highest BCUT2D eigenvalue weighted by atomic mass is 35.5. The summed E-state index contributed by atoms with van der Waals surface area (Å²) in [5.41, 5.74) is 0.931. The highest BCUT2D eigenvalue weighted by molar-refractivity contribution is 7.99. The number of hydrogen-bond donors (Lipinski definition) is 1. The van der Waals surface area contributed by atoms with Gasteiger partial charge in [0.1, 0.15) is 0 Å². The first-order chi connectivity index (χ1) is 15.4. The van der Waals surface area contributed by atoms with Gasteiger partial charge >= 0.3 is 0 Å². The van der Waals surface area contributed by atoms with Crippen molar-refractivity contribution in [3.05, 3.63) is 71.2 Å². The standard InChI is InChI=1S/C24H21ClF2N2O2S/c25-19-9-4-10-20(21(19)32-24(26)27)28-22(30)16-11-13-29(14-12-16)23(31)18-8-3-6-15-5-1-2-7-17(15)18/h1-10,16,24H,11-14H2,(H,28,30). The topological polar surface area (TPSA) is 49.4 Å². The first kappa shape index (κ1) is 22.6. The number of carbonyl (C=O) groups excluding carboxylic acids is 2. The summed E-state index contributed by atoms with van der Waals surface area (Å²) < 4.78 is 25.8. The third kappa shape index (κ3) is 4.89. The van der Waals surface area contributed by atoms with E-state index < -0.39 is 5.76 Å². The van der Waals surface area contributed by atoms with E-state index in [9.17, 15) is 18.4 Å². The zero-order valence-corrected chi connectivity index (χ0v) is 18.6. The number of alkyl halides is 2. The summed E-state index contributed by atoms with van der Waals surface area (Å²) in [4.78, 5) is 27.8. The lowest BCUT2D eigenvalue weighted by Crippen LogP contribution is -2.41. The van der Waals surface area contributed by atoms with Gasteiger partial charge in [0.25, 0.3) is 11.7 Å². The van der Waals surface area contributed by atoms with Gasteiger partial charge in [0.05, 0.1) is 15.6 Å². The molecule has 1 saturated heterocycles. The molecule has 0 radical (unpaired) electrons. The molecule has 166 valence electrons. The second-order valence-electron chi connectivity index (χ2n) is 7.58. The molecule has 1 fully saturated rings. The van der Waals surface area contributed by atoms with Gasteiger partial charge in [-0.3, -0.25) is 9.59 Å². The fraction of sp³-hybridized carbons (Fsp3) is 0.250. The van der Waals surface area contributed by atoms with Crippen LogP contribution in [-0.2, 0) is 4.79 Å². The molecule has 4 rings (SSSR count). The first-order valence-corrected chi connectivity index (χ1v) is 11.5. The molecule has 3 aromatic carbocycles. The molecule has 1 heterocycles. The van der Waals surface area contributed by atoms with Crippen LogP contribution >= 0.6 is 23.4 Å². The van der Waals surface area contributed by atoms with Crippen molar-refractivity contribution in [2.24, 2.45) is 5.92 Å². The summed E-state index contributed by atoms with van der Waals surface area (Å²) in [7, 11) is 0. The Morgan fingerprint density at radius 2 is 1.69 bits per heavy atom. The molecule has 0 spiro atoms. The quantitative estimate of drug-likeness (QED) is 0.441. The van der Waals surface area contributed by atoms with Crippen molar-refractivity contribution in [3.8, 4) is 0 Å². The molecule has 0 bridgehead atoms. The maximum Gasteiger partial charge on any atom is 0.289 e. The Morgan fingerprint density at radius 3 is 2.44 bits per heavy atom. The molecule has 0 aliphatic carbocycles. The van der Waals surface area contributed by atoms with E-state index in [0.29, 0.717) is 43.3 Å². The van der Waals surface area contributed by atoms with Gasteiger partial charge in [-0.2, -0.15) is 8.78 Å². The molecule has 4 nitrogen and oxygen atoms in total. The van der Waals surface area contributed by atoms with Gasteiger partial charge in [0.15, 0.2) is 0 Å². The molecular formula is C24H21ClF2N2O2S. The monoisotopic (exact) mass is 474 g/mol. The van der Waals surface area contributed by atoms with E-state index in [1.165, 1.54) is 6.07 Å². The van der Waals surface area contributed by atoms with Gasteiger partial charge < -0.3 is 10.2 Å². The highest BCUT2D eigenvalue weighted by Gasteiger charge is 2.29. The van der Waals surface area contributed by atoms with Crippen molar-refractivity contribution in [2.75, 3.05) is 18.4 Å². The Bertz CT molecular complexity index is 1140. The van der Waals surface area contributed by atoms with Crippen molar-refractivity contribution in [1.82, 2.24) is 4.90 Å². The zero-order valence-electron chi connectivity index (χ0n) is 17.1. The number of likely N-dealkylation sites (tertiary alicyclic amines) is 1. The smallest absolute Gasteiger partial charge is 0.289 e. The molecular weight excluding hydrogens is 454 g/mol. The van der Waals surface area contributed by atoms with Crippen LogP contribution in [0.2, 0.25) is 5.02 Å². The van der Waals surface area contributed by atoms with Crippen molar-refractivity contribution < 1.29 is 18.4 Å². The average molecular weight is 475 g/mol. The fourth-order valence-electron chi connectivity index (χ4n) is 3.98. The van der Waals surface area contributed by atoms with Gasteiger partial charge in [-0.15, -0.1) is 0 Å². The Hall–Kier alpha value is -2.64. The lowest BCUT2D eigenvalue weighted by Gasteiger charge is -2.31. The number of anilines is 1. The normalized spacial score (nSPS) is 14.7. The molecule has 1 aliphatic rings. The van der Waals surface area contributed by atoms with Gasteiger partial charge in [0.2, 0.25) is 5.91 Å². The minimum absolute atomic E-state index is 0.0499. The Kier molecular flexibility index (Phi) is 6.96. The lowest BCUT2D eigenvalue weighted by molar-refractivity contribution is -0.121. The Balaban J connectivity index is 1.41. The number of piperidine rings is 1. The number of fused-ring (bicyclic) bond motifs is 1. The van der Waals surface area contributed by atoms with Crippen molar-refractivity contribution in [3.63, 3.8) is 0 Å². The van der Waals surface area contributed by atoms with Crippen LogP contribution in [0, 0.1) is 5.92 Å². The molecule has 2 amide bonds. The van der Waals surface area contributed by atoms with Crippen LogP contribution in [-0.4, -0.2) is 35.6 Å². The number of hydrogen-bond acceptors (Lipinski definition) is 3. The SMILES string of the molecule is O=C(Nc1cccc(Cl)c1SC(F)F)C1CCN(C(=O)c2cccc3ccccc23)CC1. The number of thioether (sulfide) groups is 1. The summed E-state index contributed by atoms with van der Waals surface area (Å²) in [6.07, 6.45) is 1.00. The number of amides is 2. The molecule has 0 saturated carbocycles. The summed E-state index contributed by atoms with van der Waals surface area (Å²) in [5, 5.41) is 4.83. The maximum atomic E-state index is 13.1. The van der Waals surface area contributed by atoms with Crippen LogP contribution in [0.25, 0.3) is 10.8 Å². The number of benzene rings is 3. The lowest BCUT2D eigenvalue weighted by atomic mass is 9.94. The molecule has 0 atom stereocenters. The summed E-state index contributed by atoms with van der Waals surface area (Å²) >= 11 is 6.36. The Morgan fingerprint density at radius 1 is 1.00 bits per heavy atom. The van der Waals surface area contributed by atoms with E-state index in [1.54, 1.807) is 17.0 Å². The number of nitrogens with zero attached hydrogens (tertiary/aromatic N) is 1. The molecule has 3 aromatic rings. The fourth-order valence-corrected chi connectivity index (χ4v) is 4.89. The average Bonchev–Trinajstić information content (AvgIpc) is 2.80. The Labute approximate surface area is 193 Å². The first-order valence-electron chi connectivity index (χ1n) is 10.3. The number of rotatable bonds is 5. The third-order valence-electron chi connectivity index (χ3n) is 5.60. The van der Waals surface area contributed by atoms with Crippen LogP contribution in [0.1, 0.15) is 23.2 Å². The van der Waals surface area contributed by atoms with E-state index in [-0.39, 0.29) is 33.3 Å². The molecule has 1 aliphatic heterocycles. The van der Waals surface area contributed by atoms with Gasteiger partial charge in [-0.05, 0) is 41.8 Å². The second-order valence-corrected chi connectivity index (χ2v) is 8.98. The van der Waals surface area contributed by atoms with Crippen molar-refractivity contribution in [2.45, 2.75) is 23.5 Å². The molecule has 1 N–H and O–H groups in total. The zero-order chi connectivity index (χ0) is 22.7. The number of halogens is 3. The van der Waals surface area contributed by atoms with Crippen molar-refractivity contribution >= 4 is 51.6 Å². The van der Waals surface area contributed by atoms with Gasteiger partial charge in [-0.1, -0.05) is 65.8 Å². The number of nitrogens with one attached hydrogen (secondary N) is 1. The van der Waals surface area contributed by atoms with Crippen LogP contribution in [0.5, 0.6) is 0 Å². The van der Waals surface area contributed by atoms with Crippen LogP contribution in [0.3, 0.4) is 0 Å². The maximum absolute atomic E-state index is 13.1. The van der Waals surface area contributed by atoms with E-state index in [0.717, 1.165) is 10.8 Å². The van der Waals surface area contributed by atoms with E-state index in [4.69, 9.17) is 11.6 Å². The second kappa shape index (κ2) is 9.88. The summed E-state index contributed by atoms with van der Waals surface area (Å²) in [6, 6.07) is 18.1. The number of carbonyl (C=O) groups is 2. The molecule has 0 aromatic heterocycles. The molecule has 8 heteroatoms. The predicted molar refractivity (Wildman–Crippen MR) is 125 cm³/mol. The minimum atomic E-state index is -2.64. The van der Waals surface area contributed by atoms with Crippen LogP contribution in [0.15, 0.2) is 65.6 Å². The summed E-state index contributed by atoms with van der Waals surface area (Å²) in [6.45, 7) is 0.905. The van der Waals surface area contributed by atoms with E-state index >= 15 is 0 Å². The molecule has 32 heavy (non-hydrogen) atoms. The van der Waals surface area contributed by atoms with Crippen LogP contribution in [0.4, 0.5) is 14.5 Å².